The fourth-order valence-corrected chi connectivity index (χ4v) is 3.08. The smallest absolute Gasteiger partial charge is 0.0401 e. The summed E-state index contributed by atoms with van der Waals surface area (Å²) < 4.78 is 0. The highest BCUT2D eigenvalue weighted by molar-refractivity contribution is 5.54. The zero-order chi connectivity index (χ0) is 12.8. The molecule has 2 nitrogen and oxygen atoms in total. The van der Waals surface area contributed by atoms with E-state index in [4.69, 9.17) is 5.73 Å². The summed E-state index contributed by atoms with van der Waals surface area (Å²) in [4.78, 5) is 2.64. The van der Waals surface area contributed by atoms with Crippen LogP contribution in [0.5, 0.6) is 0 Å². The highest BCUT2D eigenvalue weighted by Crippen LogP contribution is 2.28. The maximum atomic E-state index is 5.74. The zero-order valence-corrected chi connectivity index (χ0v) is 11.6. The summed E-state index contributed by atoms with van der Waals surface area (Å²) in [6.45, 7) is 4.26. The fourth-order valence-electron chi connectivity index (χ4n) is 3.08. The van der Waals surface area contributed by atoms with E-state index in [1.807, 2.05) is 0 Å². The Morgan fingerprint density at radius 3 is 2.83 bits per heavy atom. The van der Waals surface area contributed by atoms with E-state index in [9.17, 15) is 0 Å². The second-order valence-electron chi connectivity index (χ2n) is 5.27. The molecule has 2 rings (SSSR count). The lowest BCUT2D eigenvalue weighted by molar-refractivity contribution is 0.555. The van der Waals surface area contributed by atoms with Gasteiger partial charge in [0.25, 0.3) is 0 Å². The molecule has 0 spiro atoms. The van der Waals surface area contributed by atoms with Crippen molar-refractivity contribution in [2.75, 3.05) is 18.0 Å². The van der Waals surface area contributed by atoms with Gasteiger partial charge in [0.1, 0.15) is 0 Å². The van der Waals surface area contributed by atoms with Crippen molar-refractivity contribution in [2.24, 2.45) is 5.73 Å². The number of nitrogens with zero attached hydrogens (tertiary/aromatic N) is 1. The Kier molecular flexibility index (Phi) is 5.06. The molecule has 1 atom stereocenters. The molecule has 0 saturated carbocycles. The van der Waals surface area contributed by atoms with Crippen LogP contribution in [0.25, 0.3) is 0 Å². The molecule has 0 aromatic heterocycles. The number of hydrogen-bond acceptors (Lipinski definition) is 2. The van der Waals surface area contributed by atoms with Crippen LogP contribution in [0, 0.1) is 0 Å². The van der Waals surface area contributed by atoms with Crippen molar-refractivity contribution in [2.45, 2.75) is 51.5 Å². The minimum atomic E-state index is 0.714. The highest BCUT2D eigenvalue weighted by Gasteiger charge is 2.21. The monoisotopic (exact) mass is 246 g/mol. The topological polar surface area (TPSA) is 29.3 Å². The van der Waals surface area contributed by atoms with Crippen molar-refractivity contribution < 1.29 is 0 Å². The lowest BCUT2D eigenvalue weighted by Gasteiger charge is -2.33. The minimum Gasteiger partial charge on any atom is -0.368 e. The predicted octanol–water partition coefficient (Wildman–Crippen LogP) is 3.35. The number of rotatable bonds is 4. The molecule has 1 unspecified atom stereocenters. The molecule has 1 heterocycles. The number of para-hydroxylation sites is 1. The Hall–Kier alpha value is -1.02. The molecule has 1 aliphatic rings. The van der Waals surface area contributed by atoms with Crippen molar-refractivity contribution in [3.63, 3.8) is 0 Å². The summed E-state index contributed by atoms with van der Waals surface area (Å²) in [5, 5.41) is 0. The Morgan fingerprint density at radius 1 is 1.22 bits per heavy atom. The Bertz CT molecular complexity index is 362. The van der Waals surface area contributed by atoms with Gasteiger partial charge in [-0.25, -0.2) is 0 Å². The van der Waals surface area contributed by atoms with Gasteiger partial charge in [0.05, 0.1) is 0 Å². The van der Waals surface area contributed by atoms with E-state index in [-0.39, 0.29) is 0 Å². The van der Waals surface area contributed by atoms with Gasteiger partial charge in [-0.2, -0.15) is 0 Å². The van der Waals surface area contributed by atoms with E-state index in [1.54, 1.807) is 0 Å². The molecule has 1 aromatic rings. The van der Waals surface area contributed by atoms with Gasteiger partial charge < -0.3 is 10.6 Å². The first-order chi connectivity index (χ1) is 8.86. The maximum Gasteiger partial charge on any atom is 0.0401 e. The van der Waals surface area contributed by atoms with Crippen molar-refractivity contribution >= 4 is 5.69 Å². The van der Waals surface area contributed by atoms with E-state index in [0.717, 1.165) is 13.0 Å². The Balaban J connectivity index is 2.26. The maximum absolute atomic E-state index is 5.74. The normalized spacial score (nSPS) is 20.8. The molecule has 1 fully saturated rings. The Labute approximate surface area is 111 Å². The van der Waals surface area contributed by atoms with Crippen LogP contribution in [0.4, 0.5) is 5.69 Å². The van der Waals surface area contributed by atoms with Crippen LogP contribution in [-0.4, -0.2) is 19.1 Å². The third kappa shape index (κ3) is 3.05. The van der Waals surface area contributed by atoms with Gasteiger partial charge in [0.2, 0.25) is 0 Å². The van der Waals surface area contributed by atoms with Crippen LogP contribution in [0.2, 0.25) is 0 Å². The van der Waals surface area contributed by atoms with Gasteiger partial charge in [0, 0.05) is 18.3 Å². The molecular formula is C16H26N2. The molecule has 1 saturated heterocycles. The predicted molar refractivity (Wildman–Crippen MR) is 79.1 cm³/mol. The molecule has 2 heteroatoms. The second kappa shape index (κ2) is 6.79. The van der Waals surface area contributed by atoms with Gasteiger partial charge in [-0.1, -0.05) is 38.0 Å². The van der Waals surface area contributed by atoms with Crippen LogP contribution in [-0.2, 0) is 6.42 Å². The molecule has 18 heavy (non-hydrogen) atoms. The van der Waals surface area contributed by atoms with Crippen LogP contribution < -0.4 is 10.6 Å². The lowest BCUT2D eigenvalue weighted by atomic mass is 10.0. The molecule has 100 valence electrons. The van der Waals surface area contributed by atoms with Crippen molar-refractivity contribution in [3.8, 4) is 0 Å². The number of benzene rings is 1. The Morgan fingerprint density at radius 2 is 2.06 bits per heavy atom. The van der Waals surface area contributed by atoms with Gasteiger partial charge in [-0.3, -0.25) is 0 Å². The summed E-state index contributed by atoms with van der Waals surface area (Å²) in [7, 11) is 0. The fraction of sp³-hybridized carbons (Fsp3) is 0.625. The lowest BCUT2D eigenvalue weighted by Crippen LogP contribution is -2.35. The highest BCUT2D eigenvalue weighted by atomic mass is 15.2. The molecule has 0 amide bonds. The standard InChI is InChI=1S/C16H26N2/c1-2-15-9-4-3-7-13-18(15)16-10-6-5-8-14(16)11-12-17/h5-6,8,10,15H,2-4,7,9,11-13,17H2,1H3. The van der Waals surface area contributed by atoms with Gasteiger partial charge in [0.15, 0.2) is 0 Å². The molecule has 1 aromatic carbocycles. The summed E-state index contributed by atoms with van der Waals surface area (Å²) in [5.41, 5.74) is 8.58. The van der Waals surface area contributed by atoms with Gasteiger partial charge in [-0.15, -0.1) is 0 Å². The van der Waals surface area contributed by atoms with Crippen molar-refractivity contribution in [3.05, 3.63) is 29.8 Å². The molecule has 2 N–H and O–H groups in total. The molecule has 0 radical (unpaired) electrons. The zero-order valence-electron chi connectivity index (χ0n) is 11.6. The van der Waals surface area contributed by atoms with E-state index in [2.05, 4.69) is 36.1 Å². The minimum absolute atomic E-state index is 0.714. The number of nitrogens with two attached hydrogens (primary N) is 1. The van der Waals surface area contributed by atoms with Crippen molar-refractivity contribution in [1.29, 1.82) is 0 Å². The van der Waals surface area contributed by atoms with Crippen LogP contribution >= 0.6 is 0 Å². The van der Waals surface area contributed by atoms with Gasteiger partial charge >= 0.3 is 0 Å². The van der Waals surface area contributed by atoms with E-state index < -0.39 is 0 Å². The number of anilines is 1. The average molecular weight is 246 g/mol. The third-order valence-corrected chi connectivity index (χ3v) is 4.06. The average Bonchev–Trinajstić information content (AvgIpc) is 2.65. The number of hydrogen-bond donors (Lipinski definition) is 1. The SMILES string of the molecule is CCC1CCCCCN1c1ccccc1CCN. The molecule has 1 aliphatic heterocycles. The third-order valence-electron chi connectivity index (χ3n) is 4.06. The summed E-state index contributed by atoms with van der Waals surface area (Å²) in [5.74, 6) is 0. The van der Waals surface area contributed by atoms with Crippen LogP contribution in [0.3, 0.4) is 0 Å². The first kappa shape index (κ1) is 13.4. The van der Waals surface area contributed by atoms with Crippen molar-refractivity contribution in [1.82, 2.24) is 0 Å². The largest absolute Gasteiger partial charge is 0.368 e. The molecular weight excluding hydrogens is 220 g/mol. The second-order valence-corrected chi connectivity index (χ2v) is 5.27. The molecule has 0 aliphatic carbocycles. The molecule has 0 bridgehead atoms. The quantitative estimate of drug-likeness (QED) is 0.883. The van der Waals surface area contributed by atoms with Crippen LogP contribution in [0.15, 0.2) is 24.3 Å². The van der Waals surface area contributed by atoms with E-state index in [1.165, 1.54) is 49.9 Å². The van der Waals surface area contributed by atoms with E-state index in [0.29, 0.717) is 6.04 Å². The summed E-state index contributed by atoms with van der Waals surface area (Å²) >= 11 is 0. The van der Waals surface area contributed by atoms with Crippen LogP contribution in [0.1, 0.15) is 44.6 Å². The van der Waals surface area contributed by atoms with E-state index >= 15 is 0 Å². The first-order valence-electron chi connectivity index (χ1n) is 7.41. The summed E-state index contributed by atoms with van der Waals surface area (Å²) in [6, 6.07) is 9.52. The van der Waals surface area contributed by atoms with Gasteiger partial charge in [-0.05, 0) is 43.9 Å². The first-order valence-corrected chi connectivity index (χ1v) is 7.41. The summed E-state index contributed by atoms with van der Waals surface area (Å²) in [6.07, 6.45) is 7.67.